The number of ether oxygens (including phenoxy) is 1. The molecule has 1 unspecified atom stereocenters. The van der Waals surface area contributed by atoms with Crippen molar-refractivity contribution in [2.24, 2.45) is 0 Å². The van der Waals surface area contributed by atoms with Crippen LogP contribution in [0.5, 0.6) is 0 Å². The Kier molecular flexibility index (Phi) is 6.94. The first-order valence-corrected chi connectivity index (χ1v) is 11.7. The van der Waals surface area contributed by atoms with Gasteiger partial charge in [-0.25, -0.2) is 13.2 Å². The van der Waals surface area contributed by atoms with Crippen LogP contribution in [0.3, 0.4) is 0 Å². The van der Waals surface area contributed by atoms with Crippen molar-refractivity contribution >= 4 is 37.4 Å². The van der Waals surface area contributed by atoms with E-state index < -0.39 is 22.2 Å². The number of sulfone groups is 1. The summed E-state index contributed by atoms with van der Waals surface area (Å²) in [6.45, 7) is 0.923. The fourth-order valence-electron chi connectivity index (χ4n) is 3.18. The SMILES string of the molecule is COC(=O)c1ccc(CN(c2cccc(Br)c2)C(O)N2CCS(=O)(=O)CC2)cc1. The highest BCUT2D eigenvalue weighted by atomic mass is 79.9. The summed E-state index contributed by atoms with van der Waals surface area (Å²) < 4.78 is 29.1. The van der Waals surface area contributed by atoms with Crippen molar-refractivity contribution in [1.82, 2.24) is 4.90 Å². The minimum absolute atomic E-state index is 0.0320. The van der Waals surface area contributed by atoms with E-state index in [1.165, 1.54) is 7.11 Å². The molecule has 0 saturated carbocycles. The van der Waals surface area contributed by atoms with Crippen molar-refractivity contribution in [2.75, 3.05) is 36.6 Å². The molecule has 1 aliphatic heterocycles. The van der Waals surface area contributed by atoms with Gasteiger partial charge in [0.25, 0.3) is 0 Å². The van der Waals surface area contributed by atoms with Crippen LogP contribution in [0.1, 0.15) is 15.9 Å². The molecule has 0 radical (unpaired) electrons. The molecular weight excluding hydrogens is 460 g/mol. The highest BCUT2D eigenvalue weighted by Gasteiger charge is 2.30. The first kappa shape index (κ1) is 21.8. The van der Waals surface area contributed by atoms with Crippen molar-refractivity contribution in [3.63, 3.8) is 0 Å². The van der Waals surface area contributed by atoms with E-state index in [0.29, 0.717) is 12.1 Å². The Hall–Kier alpha value is -1.94. The number of benzene rings is 2. The first-order chi connectivity index (χ1) is 13.8. The third kappa shape index (κ3) is 5.57. The van der Waals surface area contributed by atoms with Crippen LogP contribution in [0.4, 0.5) is 5.69 Å². The molecule has 1 N–H and O–H groups in total. The Labute approximate surface area is 178 Å². The molecule has 0 amide bonds. The number of hydrogen-bond donors (Lipinski definition) is 1. The summed E-state index contributed by atoms with van der Waals surface area (Å²) in [5.41, 5.74) is 2.13. The Balaban J connectivity index is 1.84. The largest absolute Gasteiger partial charge is 0.465 e. The minimum Gasteiger partial charge on any atom is -0.465 e. The molecule has 1 heterocycles. The van der Waals surface area contributed by atoms with Crippen LogP contribution in [0, 0.1) is 0 Å². The van der Waals surface area contributed by atoms with Gasteiger partial charge in [0.05, 0.1) is 24.2 Å². The standard InChI is InChI=1S/C20H23BrN2O5S/c1-28-19(24)16-7-5-15(6-8-16)14-23(18-4-2-3-17(21)13-18)20(25)22-9-11-29(26,27)12-10-22/h2-8,13,20,25H,9-12,14H2,1H3. The maximum atomic E-state index is 11.7. The van der Waals surface area contributed by atoms with E-state index in [-0.39, 0.29) is 24.6 Å². The van der Waals surface area contributed by atoms with Crippen LogP contribution in [0.2, 0.25) is 0 Å². The van der Waals surface area contributed by atoms with Crippen LogP contribution < -0.4 is 4.90 Å². The predicted molar refractivity (Wildman–Crippen MR) is 114 cm³/mol. The third-order valence-electron chi connectivity index (χ3n) is 4.85. The molecule has 3 rings (SSSR count). The number of anilines is 1. The lowest BCUT2D eigenvalue weighted by molar-refractivity contribution is 0.00599. The van der Waals surface area contributed by atoms with Crippen molar-refractivity contribution in [3.05, 3.63) is 64.1 Å². The summed E-state index contributed by atoms with van der Waals surface area (Å²) in [6, 6.07) is 14.5. The zero-order valence-electron chi connectivity index (χ0n) is 16.0. The van der Waals surface area contributed by atoms with Crippen LogP contribution >= 0.6 is 15.9 Å². The van der Waals surface area contributed by atoms with Gasteiger partial charge in [-0.3, -0.25) is 4.90 Å². The summed E-state index contributed by atoms with van der Waals surface area (Å²) in [6.07, 6.45) is -0.986. The van der Waals surface area contributed by atoms with Gasteiger partial charge in [0.1, 0.15) is 0 Å². The van der Waals surface area contributed by atoms with E-state index >= 15 is 0 Å². The Bertz CT molecular complexity index is 951. The van der Waals surface area contributed by atoms with Gasteiger partial charge in [-0.2, -0.15) is 0 Å². The number of carbonyl (C=O) groups is 1. The second-order valence-electron chi connectivity index (χ2n) is 6.83. The fourth-order valence-corrected chi connectivity index (χ4v) is 4.79. The van der Waals surface area contributed by atoms with Gasteiger partial charge in [-0.05, 0) is 35.9 Å². The zero-order chi connectivity index (χ0) is 21.0. The predicted octanol–water partition coefficient (Wildman–Crippen LogP) is 2.25. The molecule has 29 heavy (non-hydrogen) atoms. The number of nitrogens with zero attached hydrogens (tertiary/aromatic N) is 2. The smallest absolute Gasteiger partial charge is 0.337 e. The summed E-state index contributed by atoms with van der Waals surface area (Å²) in [7, 11) is -1.71. The van der Waals surface area contributed by atoms with E-state index in [1.54, 1.807) is 21.9 Å². The molecule has 0 spiro atoms. The van der Waals surface area contributed by atoms with E-state index in [9.17, 15) is 18.3 Å². The molecule has 1 atom stereocenters. The molecular formula is C20H23BrN2O5S. The maximum absolute atomic E-state index is 11.7. The lowest BCUT2D eigenvalue weighted by atomic mass is 10.1. The van der Waals surface area contributed by atoms with Gasteiger partial charge in [0, 0.05) is 29.8 Å². The lowest BCUT2D eigenvalue weighted by Crippen LogP contribution is -2.53. The topological polar surface area (TPSA) is 87.2 Å². The Morgan fingerprint density at radius 3 is 2.45 bits per heavy atom. The van der Waals surface area contributed by atoms with Crippen molar-refractivity contribution in [2.45, 2.75) is 12.9 Å². The molecule has 2 aromatic rings. The Morgan fingerprint density at radius 1 is 1.21 bits per heavy atom. The minimum atomic E-state index is -3.04. The second kappa shape index (κ2) is 9.25. The normalized spacial score (nSPS) is 17.5. The van der Waals surface area contributed by atoms with E-state index in [4.69, 9.17) is 4.74 Å². The number of rotatable bonds is 6. The van der Waals surface area contributed by atoms with E-state index in [0.717, 1.165) is 15.7 Å². The molecule has 2 aromatic carbocycles. The second-order valence-corrected chi connectivity index (χ2v) is 10.0. The van der Waals surface area contributed by atoms with Gasteiger partial charge >= 0.3 is 5.97 Å². The van der Waals surface area contributed by atoms with Crippen LogP contribution in [0.15, 0.2) is 53.0 Å². The molecule has 7 nitrogen and oxygen atoms in total. The number of esters is 1. The molecule has 9 heteroatoms. The summed E-state index contributed by atoms with van der Waals surface area (Å²) in [4.78, 5) is 15.2. The summed E-state index contributed by atoms with van der Waals surface area (Å²) in [5, 5.41) is 11.1. The molecule has 1 aliphatic rings. The molecule has 1 fully saturated rings. The van der Waals surface area contributed by atoms with Crippen LogP contribution in [-0.2, 0) is 21.1 Å². The summed E-state index contributed by atoms with van der Waals surface area (Å²) >= 11 is 3.46. The molecule has 1 saturated heterocycles. The van der Waals surface area contributed by atoms with Crippen molar-refractivity contribution in [1.29, 1.82) is 0 Å². The van der Waals surface area contributed by atoms with Crippen molar-refractivity contribution < 1.29 is 23.1 Å². The molecule has 0 aliphatic carbocycles. The van der Waals surface area contributed by atoms with Crippen LogP contribution in [-0.4, -0.2) is 62.5 Å². The number of carbonyl (C=O) groups excluding carboxylic acids is 1. The highest BCUT2D eigenvalue weighted by molar-refractivity contribution is 9.10. The number of halogens is 1. The Morgan fingerprint density at radius 2 is 1.86 bits per heavy atom. The van der Waals surface area contributed by atoms with Crippen molar-refractivity contribution in [3.8, 4) is 0 Å². The van der Waals surface area contributed by atoms with Gasteiger partial charge in [-0.1, -0.05) is 34.1 Å². The lowest BCUT2D eigenvalue weighted by Gasteiger charge is -2.39. The number of aliphatic hydroxyl groups is 1. The van der Waals surface area contributed by atoms with Gasteiger partial charge in [0.15, 0.2) is 16.2 Å². The number of aliphatic hydroxyl groups excluding tert-OH is 1. The van der Waals surface area contributed by atoms with E-state index in [1.807, 2.05) is 36.4 Å². The average Bonchev–Trinajstić information content (AvgIpc) is 2.71. The average molecular weight is 483 g/mol. The van der Waals surface area contributed by atoms with Gasteiger partial charge in [-0.15, -0.1) is 0 Å². The quantitative estimate of drug-likeness (QED) is 0.498. The number of hydrogen-bond acceptors (Lipinski definition) is 7. The monoisotopic (exact) mass is 482 g/mol. The summed E-state index contributed by atoms with van der Waals surface area (Å²) in [5.74, 6) is -0.344. The van der Waals surface area contributed by atoms with Gasteiger partial charge in [0.2, 0.25) is 0 Å². The molecule has 0 bridgehead atoms. The van der Waals surface area contributed by atoms with Gasteiger partial charge < -0.3 is 14.7 Å². The van der Waals surface area contributed by atoms with E-state index in [2.05, 4.69) is 15.9 Å². The third-order valence-corrected chi connectivity index (χ3v) is 6.95. The zero-order valence-corrected chi connectivity index (χ0v) is 18.4. The fraction of sp³-hybridized carbons (Fsp3) is 0.350. The van der Waals surface area contributed by atoms with Crippen LogP contribution in [0.25, 0.3) is 0 Å². The highest BCUT2D eigenvalue weighted by Crippen LogP contribution is 2.25. The number of methoxy groups -OCH3 is 1. The molecule has 156 valence electrons. The first-order valence-electron chi connectivity index (χ1n) is 9.11. The maximum Gasteiger partial charge on any atom is 0.337 e. The molecule has 0 aromatic heterocycles.